The molecule has 1 saturated heterocycles. The largest absolute Gasteiger partial charge is 0.355 e. The van der Waals surface area contributed by atoms with Gasteiger partial charge in [-0.2, -0.15) is 4.31 Å². The van der Waals surface area contributed by atoms with E-state index in [-0.39, 0.29) is 27.4 Å². The highest BCUT2D eigenvalue weighted by molar-refractivity contribution is 7.89. The minimum Gasteiger partial charge on any atom is -0.355 e. The average Bonchev–Trinajstić information content (AvgIpc) is 2.47. The second kappa shape index (κ2) is 7.81. The standard InChI is InChI=1S/C14H19Cl2N3O3S/c1-2-17-14(20)10-18-3-5-19(6-4-18)23(21,22)13-8-11(15)7-12(16)9-13/h7-9H,2-6,10H2,1H3,(H,17,20). The first kappa shape index (κ1) is 18.5. The predicted molar refractivity (Wildman–Crippen MR) is 90.3 cm³/mol. The van der Waals surface area contributed by atoms with E-state index in [9.17, 15) is 13.2 Å². The number of carbonyl (C=O) groups is 1. The topological polar surface area (TPSA) is 69.7 Å². The Morgan fingerprint density at radius 2 is 1.70 bits per heavy atom. The molecule has 1 N–H and O–H groups in total. The van der Waals surface area contributed by atoms with Crippen LogP contribution in [0.4, 0.5) is 0 Å². The highest BCUT2D eigenvalue weighted by Gasteiger charge is 2.29. The summed E-state index contributed by atoms with van der Waals surface area (Å²) in [6, 6.07) is 4.28. The molecule has 0 aliphatic carbocycles. The molecule has 1 fully saturated rings. The summed E-state index contributed by atoms with van der Waals surface area (Å²) in [5, 5.41) is 3.30. The summed E-state index contributed by atoms with van der Waals surface area (Å²) in [6.45, 7) is 4.39. The molecule has 2 rings (SSSR count). The van der Waals surface area contributed by atoms with Crippen molar-refractivity contribution in [1.82, 2.24) is 14.5 Å². The second-order valence-electron chi connectivity index (χ2n) is 5.24. The number of benzene rings is 1. The molecule has 6 nitrogen and oxygen atoms in total. The van der Waals surface area contributed by atoms with E-state index in [0.717, 1.165) is 0 Å². The van der Waals surface area contributed by atoms with Crippen LogP contribution in [-0.4, -0.2) is 62.8 Å². The summed E-state index contributed by atoms with van der Waals surface area (Å²) >= 11 is 11.8. The van der Waals surface area contributed by atoms with Crippen molar-refractivity contribution >= 4 is 39.1 Å². The van der Waals surface area contributed by atoms with Crippen molar-refractivity contribution in [3.05, 3.63) is 28.2 Å². The van der Waals surface area contributed by atoms with Crippen LogP contribution in [0, 0.1) is 0 Å². The van der Waals surface area contributed by atoms with Crippen molar-refractivity contribution in [1.29, 1.82) is 0 Å². The molecule has 1 aliphatic heterocycles. The zero-order valence-electron chi connectivity index (χ0n) is 12.8. The predicted octanol–water partition coefficient (Wildman–Crippen LogP) is 1.44. The molecular formula is C14H19Cl2N3O3S. The third-order valence-electron chi connectivity index (χ3n) is 3.55. The number of sulfonamides is 1. The molecule has 0 spiro atoms. The summed E-state index contributed by atoms with van der Waals surface area (Å²) in [5.41, 5.74) is 0. The van der Waals surface area contributed by atoms with Gasteiger partial charge in [-0.05, 0) is 25.1 Å². The van der Waals surface area contributed by atoms with E-state index in [1.165, 1.54) is 22.5 Å². The molecule has 0 radical (unpaired) electrons. The van der Waals surface area contributed by atoms with Crippen LogP contribution < -0.4 is 5.32 Å². The highest BCUT2D eigenvalue weighted by atomic mass is 35.5. The average molecular weight is 380 g/mol. The van der Waals surface area contributed by atoms with E-state index in [1.54, 1.807) is 0 Å². The summed E-state index contributed by atoms with van der Waals surface area (Å²) < 4.78 is 26.7. The monoisotopic (exact) mass is 379 g/mol. The Balaban J connectivity index is 2.02. The Morgan fingerprint density at radius 3 is 2.22 bits per heavy atom. The highest BCUT2D eigenvalue weighted by Crippen LogP contribution is 2.25. The summed E-state index contributed by atoms with van der Waals surface area (Å²) in [6.07, 6.45) is 0. The van der Waals surface area contributed by atoms with Crippen LogP contribution in [0.15, 0.2) is 23.1 Å². The minimum atomic E-state index is -3.63. The van der Waals surface area contributed by atoms with E-state index >= 15 is 0 Å². The lowest BCUT2D eigenvalue weighted by Gasteiger charge is -2.33. The normalized spacial score (nSPS) is 17.2. The third-order valence-corrected chi connectivity index (χ3v) is 5.86. The molecule has 1 aliphatic rings. The number of nitrogens with zero attached hydrogens (tertiary/aromatic N) is 2. The molecule has 1 aromatic rings. The van der Waals surface area contributed by atoms with Crippen LogP contribution in [0.2, 0.25) is 10.0 Å². The number of hydrogen-bond acceptors (Lipinski definition) is 4. The van der Waals surface area contributed by atoms with Gasteiger partial charge in [0.1, 0.15) is 0 Å². The van der Waals surface area contributed by atoms with Crippen LogP contribution in [0.3, 0.4) is 0 Å². The molecule has 1 aromatic carbocycles. The number of nitrogens with one attached hydrogen (secondary N) is 1. The Morgan fingerprint density at radius 1 is 1.13 bits per heavy atom. The van der Waals surface area contributed by atoms with Gasteiger partial charge in [-0.25, -0.2) is 8.42 Å². The fourth-order valence-corrected chi connectivity index (χ4v) is 4.56. The Bertz CT molecular complexity index is 654. The van der Waals surface area contributed by atoms with Crippen molar-refractivity contribution in [2.75, 3.05) is 39.3 Å². The first-order valence-corrected chi connectivity index (χ1v) is 9.48. The SMILES string of the molecule is CCNC(=O)CN1CCN(S(=O)(=O)c2cc(Cl)cc(Cl)c2)CC1. The maximum Gasteiger partial charge on any atom is 0.243 e. The van der Waals surface area contributed by atoms with Crippen molar-refractivity contribution in [3.63, 3.8) is 0 Å². The van der Waals surface area contributed by atoms with Gasteiger partial charge in [0, 0.05) is 42.8 Å². The lowest BCUT2D eigenvalue weighted by Crippen LogP contribution is -2.51. The quantitative estimate of drug-likeness (QED) is 0.839. The van der Waals surface area contributed by atoms with Gasteiger partial charge in [0.05, 0.1) is 11.4 Å². The number of hydrogen-bond donors (Lipinski definition) is 1. The Hall–Kier alpha value is -0.860. The van der Waals surface area contributed by atoms with Gasteiger partial charge in [0.2, 0.25) is 15.9 Å². The van der Waals surface area contributed by atoms with Crippen molar-refractivity contribution in [2.45, 2.75) is 11.8 Å². The number of carbonyl (C=O) groups excluding carboxylic acids is 1. The number of piperazine rings is 1. The van der Waals surface area contributed by atoms with Gasteiger partial charge in [-0.15, -0.1) is 0 Å². The first-order valence-electron chi connectivity index (χ1n) is 7.28. The Labute approximate surface area is 146 Å². The lowest BCUT2D eigenvalue weighted by atomic mass is 10.3. The smallest absolute Gasteiger partial charge is 0.243 e. The molecule has 0 unspecified atom stereocenters. The van der Waals surface area contributed by atoms with Gasteiger partial charge in [0.15, 0.2) is 0 Å². The zero-order chi connectivity index (χ0) is 17.0. The first-order chi connectivity index (χ1) is 10.8. The number of likely N-dealkylation sites (N-methyl/N-ethyl adjacent to an activating group) is 1. The molecule has 1 amide bonds. The van der Waals surface area contributed by atoms with Crippen LogP contribution in [-0.2, 0) is 14.8 Å². The van der Waals surface area contributed by atoms with E-state index in [1.807, 2.05) is 11.8 Å². The van der Waals surface area contributed by atoms with Gasteiger partial charge in [-0.3, -0.25) is 9.69 Å². The molecule has 0 atom stereocenters. The summed E-state index contributed by atoms with van der Waals surface area (Å²) in [4.78, 5) is 13.6. The van der Waals surface area contributed by atoms with Crippen LogP contribution in [0.1, 0.15) is 6.92 Å². The van der Waals surface area contributed by atoms with Crippen molar-refractivity contribution in [2.24, 2.45) is 0 Å². The fourth-order valence-electron chi connectivity index (χ4n) is 2.41. The van der Waals surface area contributed by atoms with Gasteiger partial charge in [-0.1, -0.05) is 23.2 Å². The molecule has 0 bridgehead atoms. The van der Waals surface area contributed by atoms with Crippen LogP contribution >= 0.6 is 23.2 Å². The van der Waals surface area contributed by atoms with Gasteiger partial charge >= 0.3 is 0 Å². The minimum absolute atomic E-state index is 0.0505. The molecule has 128 valence electrons. The number of halogens is 2. The van der Waals surface area contributed by atoms with E-state index in [0.29, 0.717) is 32.7 Å². The molecular weight excluding hydrogens is 361 g/mol. The Kier molecular flexibility index (Phi) is 6.27. The van der Waals surface area contributed by atoms with Crippen molar-refractivity contribution in [3.8, 4) is 0 Å². The maximum absolute atomic E-state index is 12.6. The van der Waals surface area contributed by atoms with Crippen LogP contribution in [0.5, 0.6) is 0 Å². The number of rotatable bonds is 5. The van der Waals surface area contributed by atoms with Gasteiger partial charge < -0.3 is 5.32 Å². The third kappa shape index (κ3) is 4.81. The maximum atomic E-state index is 12.6. The zero-order valence-corrected chi connectivity index (χ0v) is 15.1. The molecule has 0 aromatic heterocycles. The lowest BCUT2D eigenvalue weighted by molar-refractivity contribution is -0.122. The van der Waals surface area contributed by atoms with Crippen molar-refractivity contribution < 1.29 is 13.2 Å². The molecule has 23 heavy (non-hydrogen) atoms. The van der Waals surface area contributed by atoms with E-state index in [4.69, 9.17) is 23.2 Å². The van der Waals surface area contributed by atoms with E-state index in [2.05, 4.69) is 5.32 Å². The van der Waals surface area contributed by atoms with Gasteiger partial charge in [0.25, 0.3) is 0 Å². The second-order valence-corrected chi connectivity index (χ2v) is 8.05. The molecule has 9 heteroatoms. The molecule has 1 heterocycles. The number of amides is 1. The van der Waals surface area contributed by atoms with Crippen LogP contribution in [0.25, 0.3) is 0 Å². The summed E-state index contributed by atoms with van der Waals surface area (Å²) in [5.74, 6) is -0.0505. The molecule has 0 saturated carbocycles. The van der Waals surface area contributed by atoms with E-state index < -0.39 is 10.0 Å². The summed E-state index contributed by atoms with van der Waals surface area (Å²) in [7, 11) is -3.63. The fraction of sp³-hybridized carbons (Fsp3) is 0.500.